The van der Waals surface area contributed by atoms with Crippen LogP contribution in [0, 0.1) is 24.7 Å². The summed E-state index contributed by atoms with van der Waals surface area (Å²) in [5, 5.41) is 0. The van der Waals surface area contributed by atoms with Crippen molar-refractivity contribution in [2.45, 2.75) is 19.8 Å². The van der Waals surface area contributed by atoms with Crippen molar-refractivity contribution in [3.8, 4) is 17.6 Å². The summed E-state index contributed by atoms with van der Waals surface area (Å²) in [6, 6.07) is 5.85. The molecule has 0 saturated heterocycles. The van der Waals surface area contributed by atoms with E-state index >= 15 is 0 Å². The first-order valence-electron chi connectivity index (χ1n) is 6.15. The molecule has 1 saturated carbocycles. The van der Waals surface area contributed by atoms with Gasteiger partial charge in [-0.25, -0.2) is 0 Å². The Labute approximate surface area is 113 Å². The van der Waals surface area contributed by atoms with Gasteiger partial charge in [0.25, 0.3) is 0 Å². The highest BCUT2D eigenvalue weighted by atomic mass is 35.5. The molecule has 18 heavy (non-hydrogen) atoms. The van der Waals surface area contributed by atoms with Gasteiger partial charge in [-0.1, -0.05) is 11.8 Å². The maximum atomic E-state index is 5.58. The number of benzene rings is 1. The first kappa shape index (κ1) is 13.3. The first-order chi connectivity index (χ1) is 8.79. The van der Waals surface area contributed by atoms with Crippen LogP contribution in [0.3, 0.4) is 0 Å². The fraction of sp³-hybridized carbons (Fsp3) is 0.467. The lowest BCUT2D eigenvalue weighted by Gasteiger charge is -2.09. The molecule has 0 unspecified atom stereocenters. The third kappa shape index (κ3) is 4.25. The molecule has 0 radical (unpaired) electrons. The zero-order valence-corrected chi connectivity index (χ0v) is 11.3. The van der Waals surface area contributed by atoms with Crippen LogP contribution >= 0.6 is 11.6 Å². The Morgan fingerprint density at radius 2 is 2.22 bits per heavy atom. The summed E-state index contributed by atoms with van der Waals surface area (Å²) in [5.41, 5.74) is 2.02. The molecule has 0 aliphatic heterocycles. The number of aryl methyl sites for hydroxylation is 1. The molecule has 2 nitrogen and oxygen atoms in total. The van der Waals surface area contributed by atoms with Crippen molar-refractivity contribution >= 4 is 11.6 Å². The monoisotopic (exact) mass is 264 g/mol. The Morgan fingerprint density at radius 1 is 1.39 bits per heavy atom. The normalized spacial score (nSPS) is 13.9. The number of rotatable bonds is 5. The summed E-state index contributed by atoms with van der Waals surface area (Å²) in [5.74, 6) is 7.79. The van der Waals surface area contributed by atoms with Gasteiger partial charge in [0, 0.05) is 5.56 Å². The van der Waals surface area contributed by atoms with E-state index < -0.39 is 0 Å². The molecule has 0 bridgehead atoms. The van der Waals surface area contributed by atoms with Gasteiger partial charge >= 0.3 is 0 Å². The molecule has 96 valence electrons. The average molecular weight is 265 g/mol. The van der Waals surface area contributed by atoms with E-state index in [1.165, 1.54) is 12.8 Å². The van der Waals surface area contributed by atoms with Gasteiger partial charge in [-0.3, -0.25) is 0 Å². The molecule has 0 atom stereocenters. The van der Waals surface area contributed by atoms with E-state index in [1.807, 2.05) is 25.1 Å². The molecule has 0 N–H and O–H groups in total. The zero-order valence-electron chi connectivity index (χ0n) is 10.5. The lowest BCUT2D eigenvalue weighted by molar-refractivity contribution is 0.00961. The van der Waals surface area contributed by atoms with Gasteiger partial charge in [-0.05, 0) is 49.4 Å². The van der Waals surface area contributed by atoms with Gasteiger partial charge in [0.1, 0.15) is 5.75 Å². The van der Waals surface area contributed by atoms with Crippen LogP contribution < -0.4 is 4.74 Å². The minimum atomic E-state index is 0.323. The lowest BCUT2D eigenvalue weighted by Crippen LogP contribution is -2.05. The van der Waals surface area contributed by atoms with Crippen molar-refractivity contribution in [3.63, 3.8) is 0 Å². The molecule has 0 heterocycles. The van der Waals surface area contributed by atoms with Crippen LogP contribution in [0.2, 0.25) is 0 Å². The van der Waals surface area contributed by atoms with Crippen molar-refractivity contribution in [3.05, 3.63) is 29.3 Å². The zero-order chi connectivity index (χ0) is 12.8. The maximum Gasteiger partial charge on any atom is 0.189 e. The Morgan fingerprint density at radius 3 is 2.89 bits per heavy atom. The van der Waals surface area contributed by atoms with Crippen molar-refractivity contribution in [1.82, 2.24) is 0 Å². The maximum absolute atomic E-state index is 5.58. The first-order valence-corrected chi connectivity index (χ1v) is 6.69. The Bertz CT molecular complexity index is 455. The molecular weight excluding hydrogens is 248 g/mol. The van der Waals surface area contributed by atoms with Crippen LogP contribution in [-0.2, 0) is 4.74 Å². The van der Waals surface area contributed by atoms with E-state index in [2.05, 4.69) is 11.8 Å². The largest absolute Gasteiger partial charge is 0.467 e. The third-order valence-corrected chi connectivity index (χ3v) is 2.96. The van der Waals surface area contributed by atoms with Crippen molar-refractivity contribution in [2.24, 2.45) is 5.92 Å². The summed E-state index contributed by atoms with van der Waals surface area (Å²) >= 11 is 5.52. The Balaban J connectivity index is 1.83. The highest BCUT2D eigenvalue weighted by molar-refractivity contribution is 6.19. The van der Waals surface area contributed by atoms with Gasteiger partial charge in [0.05, 0.1) is 12.5 Å². The molecule has 0 amide bonds. The minimum Gasteiger partial charge on any atom is -0.467 e. The van der Waals surface area contributed by atoms with Crippen molar-refractivity contribution in [1.29, 1.82) is 0 Å². The third-order valence-electron chi connectivity index (χ3n) is 2.82. The molecule has 0 spiro atoms. The molecule has 1 aromatic rings. The Hall–Kier alpha value is -1.17. The fourth-order valence-corrected chi connectivity index (χ4v) is 1.70. The average Bonchev–Trinajstić information content (AvgIpc) is 3.18. The number of hydrogen-bond acceptors (Lipinski definition) is 2. The van der Waals surface area contributed by atoms with Gasteiger partial charge in [0.15, 0.2) is 6.79 Å². The molecule has 1 aromatic carbocycles. The second-order valence-electron chi connectivity index (χ2n) is 4.49. The van der Waals surface area contributed by atoms with Gasteiger partial charge < -0.3 is 9.47 Å². The van der Waals surface area contributed by atoms with E-state index in [9.17, 15) is 0 Å². The van der Waals surface area contributed by atoms with Gasteiger partial charge in [-0.2, -0.15) is 0 Å². The van der Waals surface area contributed by atoms with Crippen LogP contribution in [0.15, 0.2) is 18.2 Å². The van der Waals surface area contributed by atoms with Crippen molar-refractivity contribution in [2.75, 3.05) is 19.3 Å². The van der Waals surface area contributed by atoms with Crippen LogP contribution in [0.1, 0.15) is 24.0 Å². The summed E-state index contributed by atoms with van der Waals surface area (Å²) in [6.45, 7) is 3.14. The number of hydrogen-bond donors (Lipinski definition) is 0. The summed E-state index contributed by atoms with van der Waals surface area (Å²) in [4.78, 5) is 0. The van der Waals surface area contributed by atoms with E-state index in [1.54, 1.807) is 0 Å². The van der Waals surface area contributed by atoms with E-state index in [-0.39, 0.29) is 0 Å². The quantitative estimate of drug-likeness (QED) is 0.351. The second kappa shape index (κ2) is 6.68. The SMILES string of the molecule is Cc1cc(C#CCCl)ccc1OCOCC1CC1. The predicted octanol–water partition coefficient (Wildman–Crippen LogP) is 3.35. The van der Waals surface area contributed by atoms with E-state index in [0.717, 1.165) is 29.4 Å². The molecule has 1 aliphatic carbocycles. The molecule has 1 aliphatic rings. The summed E-state index contributed by atoms with van der Waals surface area (Å²) in [7, 11) is 0. The van der Waals surface area contributed by atoms with Gasteiger partial charge in [-0.15, -0.1) is 11.6 Å². The molecule has 0 aromatic heterocycles. The molecule has 3 heteroatoms. The number of ether oxygens (including phenoxy) is 2. The van der Waals surface area contributed by atoms with Crippen LogP contribution in [0.4, 0.5) is 0 Å². The number of halogens is 1. The highest BCUT2D eigenvalue weighted by Crippen LogP contribution is 2.28. The summed E-state index contributed by atoms with van der Waals surface area (Å²) < 4.78 is 11.0. The molecule has 1 fully saturated rings. The highest BCUT2D eigenvalue weighted by Gasteiger charge is 2.21. The fourth-order valence-electron chi connectivity index (χ4n) is 1.63. The smallest absolute Gasteiger partial charge is 0.189 e. The van der Waals surface area contributed by atoms with E-state index in [4.69, 9.17) is 21.1 Å². The van der Waals surface area contributed by atoms with Crippen molar-refractivity contribution < 1.29 is 9.47 Å². The van der Waals surface area contributed by atoms with E-state index in [0.29, 0.717) is 12.7 Å². The topological polar surface area (TPSA) is 18.5 Å². The van der Waals surface area contributed by atoms with Crippen LogP contribution in [0.25, 0.3) is 0 Å². The predicted molar refractivity (Wildman–Crippen MR) is 72.9 cm³/mol. The van der Waals surface area contributed by atoms with Crippen LogP contribution in [0.5, 0.6) is 5.75 Å². The molecular formula is C15H17ClO2. The Kier molecular flexibility index (Phi) is 4.92. The minimum absolute atomic E-state index is 0.323. The standard InChI is InChI=1S/C15H17ClO2/c1-12-9-13(3-2-8-16)6-7-15(12)18-11-17-10-14-4-5-14/h6-7,9,14H,4-5,8,10-11H2,1H3. The van der Waals surface area contributed by atoms with Gasteiger partial charge in [0.2, 0.25) is 0 Å². The molecule has 2 rings (SSSR count). The number of alkyl halides is 1. The lowest BCUT2D eigenvalue weighted by atomic mass is 10.1. The summed E-state index contributed by atoms with van der Waals surface area (Å²) in [6.07, 6.45) is 2.60. The second-order valence-corrected chi connectivity index (χ2v) is 4.76. The van der Waals surface area contributed by atoms with Crippen LogP contribution in [-0.4, -0.2) is 19.3 Å².